The van der Waals surface area contributed by atoms with Crippen molar-refractivity contribution in [1.82, 2.24) is 9.88 Å². The van der Waals surface area contributed by atoms with Crippen molar-refractivity contribution in [3.63, 3.8) is 0 Å². The Morgan fingerprint density at radius 3 is 2.43 bits per heavy atom. The van der Waals surface area contributed by atoms with E-state index in [1.807, 2.05) is 29.2 Å². The van der Waals surface area contributed by atoms with Crippen LogP contribution in [-0.4, -0.2) is 47.1 Å². The molecule has 0 unspecified atom stereocenters. The first-order valence-electron chi connectivity index (χ1n) is 7.94. The van der Waals surface area contributed by atoms with E-state index in [-0.39, 0.29) is 11.7 Å². The standard InChI is InChI=1S/C18H21N3O2/c22-16-7-8-17(19-14-16)20-10-12-21(13-11-20)18(23)9-6-15-4-2-1-3-5-15/h1-5,7-8,14,22H,6,9-13H2. The average molecular weight is 311 g/mol. The lowest BCUT2D eigenvalue weighted by molar-refractivity contribution is -0.131. The van der Waals surface area contributed by atoms with Crippen molar-refractivity contribution in [2.24, 2.45) is 0 Å². The molecule has 120 valence electrons. The zero-order valence-corrected chi connectivity index (χ0v) is 13.1. The molecule has 1 aliphatic rings. The van der Waals surface area contributed by atoms with E-state index in [0.29, 0.717) is 6.42 Å². The van der Waals surface area contributed by atoms with E-state index in [1.165, 1.54) is 11.8 Å². The van der Waals surface area contributed by atoms with Crippen LogP contribution in [0.2, 0.25) is 0 Å². The molecule has 0 bridgehead atoms. The van der Waals surface area contributed by atoms with Crippen molar-refractivity contribution in [2.75, 3.05) is 31.1 Å². The Hall–Kier alpha value is -2.56. The molecule has 0 aliphatic carbocycles. The maximum absolute atomic E-state index is 12.3. The SMILES string of the molecule is O=C(CCc1ccccc1)N1CCN(c2ccc(O)cn2)CC1. The number of aromatic hydroxyl groups is 1. The molecule has 2 heterocycles. The Balaban J connectivity index is 1.48. The van der Waals surface area contributed by atoms with Gasteiger partial charge in [-0.05, 0) is 24.1 Å². The highest BCUT2D eigenvalue weighted by atomic mass is 16.3. The first kappa shape index (κ1) is 15.3. The molecule has 0 spiro atoms. The van der Waals surface area contributed by atoms with Crippen molar-refractivity contribution in [2.45, 2.75) is 12.8 Å². The number of rotatable bonds is 4. The molecule has 0 atom stereocenters. The first-order valence-corrected chi connectivity index (χ1v) is 7.94. The second kappa shape index (κ2) is 7.13. The lowest BCUT2D eigenvalue weighted by Crippen LogP contribution is -2.49. The summed E-state index contributed by atoms with van der Waals surface area (Å²) in [5.41, 5.74) is 1.20. The van der Waals surface area contributed by atoms with E-state index in [4.69, 9.17) is 0 Å². The summed E-state index contributed by atoms with van der Waals surface area (Å²) in [4.78, 5) is 20.6. The van der Waals surface area contributed by atoms with Crippen LogP contribution in [0.15, 0.2) is 48.7 Å². The molecular formula is C18H21N3O2. The Bertz CT molecular complexity index is 635. The number of aromatic nitrogens is 1. The zero-order chi connectivity index (χ0) is 16.1. The van der Waals surface area contributed by atoms with Gasteiger partial charge in [0.1, 0.15) is 11.6 Å². The lowest BCUT2D eigenvalue weighted by atomic mass is 10.1. The largest absolute Gasteiger partial charge is 0.506 e. The summed E-state index contributed by atoms with van der Waals surface area (Å²) in [6.07, 6.45) is 2.80. The maximum Gasteiger partial charge on any atom is 0.223 e. The van der Waals surface area contributed by atoms with Crippen LogP contribution in [0.1, 0.15) is 12.0 Å². The molecule has 1 saturated heterocycles. The van der Waals surface area contributed by atoms with E-state index < -0.39 is 0 Å². The summed E-state index contributed by atoms with van der Waals surface area (Å²) >= 11 is 0. The van der Waals surface area contributed by atoms with Gasteiger partial charge in [0, 0.05) is 32.6 Å². The molecule has 5 heteroatoms. The fraction of sp³-hybridized carbons (Fsp3) is 0.333. The average Bonchev–Trinajstić information content (AvgIpc) is 2.61. The Morgan fingerprint density at radius 1 is 1.04 bits per heavy atom. The van der Waals surface area contributed by atoms with Gasteiger partial charge in [-0.1, -0.05) is 30.3 Å². The number of anilines is 1. The minimum Gasteiger partial charge on any atom is -0.506 e. The number of hydrogen-bond donors (Lipinski definition) is 1. The van der Waals surface area contributed by atoms with E-state index >= 15 is 0 Å². The molecule has 1 amide bonds. The van der Waals surface area contributed by atoms with Crippen LogP contribution in [0.4, 0.5) is 5.82 Å². The molecule has 1 N–H and O–H groups in total. The molecule has 5 nitrogen and oxygen atoms in total. The summed E-state index contributed by atoms with van der Waals surface area (Å²) in [5.74, 6) is 1.23. The molecule has 1 fully saturated rings. The predicted molar refractivity (Wildman–Crippen MR) is 89.5 cm³/mol. The third kappa shape index (κ3) is 4.00. The molecule has 1 aliphatic heterocycles. The summed E-state index contributed by atoms with van der Waals surface area (Å²) in [7, 11) is 0. The van der Waals surface area contributed by atoms with Crippen LogP contribution in [0.25, 0.3) is 0 Å². The van der Waals surface area contributed by atoms with Crippen LogP contribution in [0, 0.1) is 0 Å². The van der Waals surface area contributed by atoms with Crippen molar-refractivity contribution in [1.29, 1.82) is 0 Å². The quantitative estimate of drug-likeness (QED) is 0.939. The molecule has 0 saturated carbocycles. The van der Waals surface area contributed by atoms with Crippen molar-refractivity contribution >= 4 is 11.7 Å². The highest BCUT2D eigenvalue weighted by Crippen LogP contribution is 2.17. The lowest BCUT2D eigenvalue weighted by Gasteiger charge is -2.35. The van der Waals surface area contributed by atoms with Crippen LogP contribution in [0.3, 0.4) is 0 Å². The number of piperazine rings is 1. The van der Waals surface area contributed by atoms with Gasteiger partial charge in [-0.3, -0.25) is 4.79 Å². The number of amides is 1. The second-order valence-corrected chi connectivity index (χ2v) is 5.73. The van der Waals surface area contributed by atoms with Crippen molar-refractivity contribution < 1.29 is 9.90 Å². The highest BCUT2D eigenvalue weighted by Gasteiger charge is 2.21. The Labute approximate surface area is 136 Å². The normalized spacial score (nSPS) is 14.8. The van der Waals surface area contributed by atoms with Gasteiger partial charge in [0.25, 0.3) is 0 Å². The van der Waals surface area contributed by atoms with Gasteiger partial charge in [0.2, 0.25) is 5.91 Å². The van der Waals surface area contributed by atoms with Gasteiger partial charge in [0.05, 0.1) is 6.20 Å². The number of carbonyl (C=O) groups excluding carboxylic acids is 1. The summed E-state index contributed by atoms with van der Waals surface area (Å²) in [5, 5.41) is 9.29. The molecule has 0 radical (unpaired) electrons. The van der Waals surface area contributed by atoms with Gasteiger partial charge in [-0.15, -0.1) is 0 Å². The molecule has 3 rings (SSSR count). The predicted octanol–water partition coefficient (Wildman–Crippen LogP) is 2.07. The Kier molecular flexibility index (Phi) is 4.76. The molecule has 2 aromatic rings. The first-order chi connectivity index (χ1) is 11.2. The smallest absolute Gasteiger partial charge is 0.223 e. The van der Waals surface area contributed by atoms with Gasteiger partial charge < -0.3 is 14.9 Å². The van der Waals surface area contributed by atoms with Gasteiger partial charge >= 0.3 is 0 Å². The van der Waals surface area contributed by atoms with Crippen LogP contribution in [-0.2, 0) is 11.2 Å². The third-order valence-electron chi connectivity index (χ3n) is 4.16. The molecular weight excluding hydrogens is 290 g/mol. The van der Waals surface area contributed by atoms with E-state index in [9.17, 15) is 9.90 Å². The third-order valence-corrected chi connectivity index (χ3v) is 4.16. The topological polar surface area (TPSA) is 56.7 Å². The summed E-state index contributed by atoms with van der Waals surface area (Å²) in [6.45, 7) is 2.98. The number of aryl methyl sites for hydroxylation is 1. The fourth-order valence-corrected chi connectivity index (χ4v) is 2.80. The van der Waals surface area contributed by atoms with E-state index in [1.54, 1.807) is 6.07 Å². The van der Waals surface area contributed by atoms with Gasteiger partial charge in [-0.2, -0.15) is 0 Å². The highest BCUT2D eigenvalue weighted by molar-refractivity contribution is 5.76. The molecule has 1 aromatic carbocycles. The minimum atomic E-state index is 0.170. The monoisotopic (exact) mass is 311 g/mol. The zero-order valence-electron chi connectivity index (χ0n) is 13.1. The maximum atomic E-state index is 12.3. The van der Waals surface area contributed by atoms with Crippen LogP contribution < -0.4 is 4.90 Å². The van der Waals surface area contributed by atoms with Gasteiger partial charge in [0.15, 0.2) is 0 Å². The second-order valence-electron chi connectivity index (χ2n) is 5.73. The Morgan fingerprint density at radius 2 is 1.78 bits per heavy atom. The molecule has 1 aromatic heterocycles. The number of carbonyl (C=O) groups is 1. The number of hydrogen-bond acceptors (Lipinski definition) is 4. The minimum absolute atomic E-state index is 0.170. The fourth-order valence-electron chi connectivity index (χ4n) is 2.80. The van der Waals surface area contributed by atoms with Crippen LogP contribution in [0.5, 0.6) is 5.75 Å². The van der Waals surface area contributed by atoms with Crippen molar-refractivity contribution in [3.8, 4) is 5.75 Å². The van der Waals surface area contributed by atoms with Gasteiger partial charge in [-0.25, -0.2) is 4.98 Å². The van der Waals surface area contributed by atoms with Crippen molar-refractivity contribution in [3.05, 3.63) is 54.2 Å². The van der Waals surface area contributed by atoms with E-state index in [2.05, 4.69) is 22.0 Å². The summed E-state index contributed by atoms with van der Waals surface area (Å²) < 4.78 is 0. The number of pyridine rings is 1. The van der Waals surface area contributed by atoms with Crippen LogP contribution >= 0.6 is 0 Å². The van der Waals surface area contributed by atoms with E-state index in [0.717, 1.165) is 38.4 Å². The number of benzene rings is 1. The molecule has 23 heavy (non-hydrogen) atoms. The number of nitrogens with zero attached hydrogens (tertiary/aromatic N) is 3. The summed E-state index contributed by atoms with van der Waals surface area (Å²) in [6, 6.07) is 13.6.